The van der Waals surface area contributed by atoms with Crippen LogP contribution < -0.4 is 0 Å². The van der Waals surface area contributed by atoms with Crippen LogP contribution in [-0.2, 0) is 4.79 Å². The number of carbonyl (C=O) groups is 2. The maximum absolute atomic E-state index is 14.2. The van der Waals surface area contributed by atoms with E-state index in [0.29, 0.717) is 23.1 Å². The van der Waals surface area contributed by atoms with Gasteiger partial charge in [-0.15, -0.1) is 0 Å². The lowest BCUT2D eigenvalue weighted by Gasteiger charge is -2.17. The maximum atomic E-state index is 14.2. The molecule has 1 unspecified atom stereocenters. The number of hydrogen-bond donors (Lipinski definition) is 2. The molecule has 3 aromatic rings. The van der Waals surface area contributed by atoms with E-state index in [9.17, 15) is 24.2 Å². The van der Waals surface area contributed by atoms with E-state index in [-0.39, 0.29) is 27.0 Å². The van der Waals surface area contributed by atoms with E-state index in [2.05, 4.69) is 0 Å². The monoisotopic (exact) mass is 465 g/mol. The molecule has 8 heteroatoms. The number of carboxylic acid groups (broad SMARTS) is 1. The number of aromatic hydroxyl groups is 1. The Bertz CT molecular complexity index is 1190. The summed E-state index contributed by atoms with van der Waals surface area (Å²) < 4.78 is 15.5. The Morgan fingerprint density at radius 3 is 2.42 bits per heavy atom. The van der Waals surface area contributed by atoms with Crippen LogP contribution in [0.2, 0.25) is 10.0 Å². The Labute approximate surface area is 189 Å². The van der Waals surface area contributed by atoms with Crippen LogP contribution in [0, 0.1) is 18.7 Å². The molecule has 5 nitrogen and oxygen atoms in total. The van der Waals surface area contributed by atoms with Crippen molar-refractivity contribution in [1.82, 2.24) is 4.57 Å². The first-order chi connectivity index (χ1) is 14.6. The molecule has 1 heterocycles. The number of halogens is 3. The molecule has 2 atom stereocenters. The van der Waals surface area contributed by atoms with Crippen molar-refractivity contribution in [2.24, 2.45) is 5.92 Å². The predicted molar refractivity (Wildman–Crippen MR) is 119 cm³/mol. The molecule has 2 N–H and O–H groups in total. The Balaban J connectivity index is 2.30. The third kappa shape index (κ3) is 4.27. The van der Waals surface area contributed by atoms with Gasteiger partial charge < -0.3 is 10.2 Å². The molecule has 0 saturated heterocycles. The Morgan fingerprint density at radius 2 is 1.84 bits per heavy atom. The van der Waals surface area contributed by atoms with Crippen LogP contribution in [0.15, 0.2) is 30.3 Å². The van der Waals surface area contributed by atoms with E-state index in [0.717, 1.165) is 12.5 Å². The lowest BCUT2D eigenvalue weighted by molar-refractivity contribution is -0.139. The number of phenolic OH excluding ortho intramolecular Hbond substituents is 1. The number of phenols is 1. The van der Waals surface area contributed by atoms with Crippen LogP contribution in [0.4, 0.5) is 4.39 Å². The van der Waals surface area contributed by atoms with Gasteiger partial charge in [-0.25, -0.2) is 4.39 Å². The summed E-state index contributed by atoms with van der Waals surface area (Å²) >= 11 is 12.0. The molecule has 0 aliphatic heterocycles. The molecule has 0 saturated carbocycles. The average molecular weight is 466 g/mol. The summed E-state index contributed by atoms with van der Waals surface area (Å²) in [6.45, 7) is 5.53. The molecule has 0 radical (unpaired) electrons. The number of carboxylic acids is 1. The first-order valence-electron chi connectivity index (χ1n) is 9.82. The molecule has 0 bridgehead atoms. The highest BCUT2D eigenvalue weighted by Crippen LogP contribution is 2.39. The predicted octanol–water partition coefficient (Wildman–Crippen LogP) is 6.39. The summed E-state index contributed by atoms with van der Waals surface area (Å²) in [4.78, 5) is 25.5. The highest BCUT2D eigenvalue weighted by molar-refractivity contribution is 6.42. The first-order valence-corrected chi connectivity index (χ1v) is 10.6. The molecule has 164 valence electrons. The van der Waals surface area contributed by atoms with Crippen LogP contribution in [0.3, 0.4) is 0 Å². The zero-order chi connectivity index (χ0) is 23.0. The van der Waals surface area contributed by atoms with E-state index in [1.54, 1.807) is 6.92 Å². The summed E-state index contributed by atoms with van der Waals surface area (Å²) in [5.41, 5.74) is 1.13. The molecule has 0 aliphatic rings. The van der Waals surface area contributed by atoms with E-state index in [4.69, 9.17) is 23.2 Å². The number of aromatic nitrogens is 1. The van der Waals surface area contributed by atoms with Gasteiger partial charge in [-0.05, 0) is 49.1 Å². The van der Waals surface area contributed by atoms with Crippen LogP contribution in [0.5, 0.6) is 5.75 Å². The number of hydrogen-bond acceptors (Lipinski definition) is 3. The second-order valence-corrected chi connectivity index (χ2v) is 8.54. The largest absolute Gasteiger partial charge is 0.505 e. The molecule has 0 aliphatic carbocycles. The third-order valence-electron chi connectivity index (χ3n) is 5.67. The number of carbonyl (C=O) groups excluding carboxylic acids is 1. The second-order valence-electron chi connectivity index (χ2n) is 7.73. The molecule has 1 aromatic heterocycles. The highest BCUT2D eigenvalue weighted by atomic mass is 35.5. The molecule has 2 aromatic carbocycles. The minimum Gasteiger partial charge on any atom is -0.505 e. The van der Waals surface area contributed by atoms with Crippen LogP contribution in [0.1, 0.15) is 54.2 Å². The quantitative estimate of drug-likeness (QED) is 0.441. The lowest BCUT2D eigenvalue weighted by atomic mass is 9.87. The van der Waals surface area contributed by atoms with Crippen molar-refractivity contribution in [3.8, 4) is 5.75 Å². The standard InChI is InChI=1S/C23H22Cl2FNO4/c1-4-11(2)7-15(23(30)31)21-12(3)27(19-10-18(26)20(28)9-14(19)21)22(29)13-5-6-16(24)17(25)8-13/h5-6,8-11,15,28H,4,7H2,1-3H3,(H,30,31)/t11?,15-/m0/s1. The number of benzene rings is 2. The number of rotatable bonds is 6. The fourth-order valence-corrected chi connectivity index (χ4v) is 4.12. The minimum absolute atomic E-state index is 0.110. The summed E-state index contributed by atoms with van der Waals surface area (Å²) in [5, 5.41) is 20.7. The zero-order valence-electron chi connectivity index (χ0n) is 17.2. The van der Waals surface area contributed by atoms with Gasteiger partial charge >= 0.3 is 5.97 Å². The normalized spacial score (nSPS) is 13.4. The molecule has 0 spiro atoms. The number of nitrogens with zero attached hydrogens (tertiary/aromatic N) is 1. The SMILES string of the molecule is CCC(C)C[C@H](C(=O)O)c1c(C)n(C(=O)c2ccc(Cl)c(Cl)c2)c2cc(F)c(O)cc12. The van der Waals surface area contributed by atoms with Crippen molar-refractivity contribution < 1.29 is 24.2 Å². The van der Waals surface area contributed by atoms with Gasteiger partial charge in [0.1, 0.15) is 0 Å². The van der Waals surface area contributed by atoms with E-state index in [1.807, 2.05) is 13.8 Å². The van der Waals surface area contributed by atoms with Gasteiger partial charge in [0, 0.05) is 22.7 Å². The Kier molecular flexibility index (Phi) is 6.62. The number of fused-ring (bicyclic) bond motifs is 1. The van der Waals surface area contributed by atoms with Gasteiger partial charge in [0.25, 0.3) is 5.91 Å². The second kappa shape index (κ2) is 8.89. The van der Waals surface area contributed by atoms with Crippen molar-refractivity contribution >= 4 is 46.0 Å². The smallest absolute Gasteiger partial charge is 0.311 e. The summed E-state index contributed by atoms with van der Waals surface area (Å²) in [5.74, 6) is -3.89. The van der Waals surface area contributed by atoms with Gasteiger partial charge in [-0.3, -0.25) is 14.2 Å². The van der Waals surface area contributed by atoms with E-state index in [1.165, 1.54) is 28.8 Å². The van der Waals surface area contributed by atoms with Crippen molar-refractivity contribution in [2.45, 2.75) is 39.5 Å². The maximum Gasteiger partial charge on any atom is 0.311 e. The van der Waals surface area contributed by atoms with Crippen LogP contribution in [-0.4, -0.2) is 26.7 Å². The molecule has 0 amide bonds. The van der Waals surface area contributed by atoms with Crippen molar-refractivity contribution in [3.05, 3.63) is 63.0 Å². The summed E-state index contributed by atoms with van der Waals surface area (Å²) in [7, 11) is 0. The fraction of sp³-hybridized carbons (Fsp3) is 0.304. The average Bonchev–Trinajstić information content (AvgIpc) is 2.98. The third-order valence-corrected chi connectivity index (χ3v) is 6.41. The summed E-state index contributed by atoms with van der Waals surface area (Å²) in [6.07, 6.45) is 1.12. The molecule has 0 fully saturated rings. The van der Waals surface area contributed by atoms with Crippen molar-refractivity contribution in [2.75, 3.05) is 0 Å². The van der Waals surface area contributed by atoms with Gasteiger partial charge in [-0.1, -0.05) is 43.5 Å². The first kappa shape index (κ1) is 23.1. The molecular weight excluding hydrogens is 444 g/mol. The topological polar surface area (TPSA) is 79.5 Å². The van der Waals surface area contributed by atoms with E-state index >= 15 is 0 Å². The zero-order valence-corrected chi connectivity index (χ0v) is 18.8. The molecule has 3 rings (SSSR count). The Hall–Kier alpha value is -2.57. The minimum atomic E-state index is -1.05. The van der Waals surface area contributed by atoms with Gasteiger partial charge in [0.2, 0.25) is 0 Å². The van der Waals surface area contributed by atoms with Crippen LogP contribution in [0.25, 0.3) is 10.9 Å². The fourth-order valence-electron chi connectivity index (χ4n) is 3.82. The van der Waals surface area contributed by atoms with Gasteiger partial charge in [0.15, 0.2) is 11.6 Å². The van der Waals surface area contributed by atoms with Crippen molar-refractivity contribution in [1.29, 1.82) is 0 Å². The van der Waals surface area contributed by atoms with Crippen molar-refractivity contribution in [3.63, 3.8) is 0 Å². The number of aliphatic carboxylic acids is 1. The van der Waals surface area contributed by atoms with Gasteiger partial charge in [-0.2, -0.15) is 0 Å². The summed E-state index contributed by atoms with van der Waals surface area (Å²) in [6, 6.07) is 6.60. The van der Waals surface area contributed by atoms with Gasteiger partial charge in [0.05, 0.1) is 21.5 Å². The van der Waals surface area contributed by atoms with E-state index < -0.39 is 29.4 Å². The molecule has 31 heavy (non-hydrogen) atoms. The van der Waals surface area contributed by atoms with Crippen LogP contribution >= 0.6 is 23.2 Å². The Morgan fingerprint density at radius 1 is 1.16 bits per heavy atom. The molecular formula is C23H22Cl2FNO4. The highest BCUT2D eigenvalue weighted by Gasteiger charge is 2.31. The lowest BCUT2D eigenvalue weighted by Crippen LogP contribution is -2.18.